The van der Waals surface area contributed by atoms with E-state index in [0.29, 0.717) is 43.2 Å². The van der Waals surface area contributed by atoms with Gasteiger partial charge in [0.2, 0.25) is 0 Å². The van der Waals surface area contributed by atoms with Crippen molar-refractivity contribution >= 4 is 11.5 Å². The van der Waals surface area contributed by atoms with Crippen LogP contribution in [-0.2, 0) is 0 Å². The van der Waals surface area contributed by atoms with Crippen LogP contribution < -0.4 is 24.7 Å². The molecular formula is C24H26N4O4. The van der Waals surface area contributed by atoms with E-state index in [1.165, 1.54) is 28.9 Å². The highest BCUT2D eigenvalue weighted by molar-refractivity contribution is 5.62. The zero-order valence-corrected chi connectivity index (χ0v) is 17.6. The van der Waals surface area contributed by atoms with Gasteiger partial charge in [0.15, 0.2) is 23.0 Å². The van der Waals surface area contributed by atoms with Crippen LogP contribution in [0.1, 0.15) is 49.6 Å². The van der Waals surface area contributed by atoms with Crippen LogP contribution in [0.4, 0.5) is 5.82 Å². The minimum atomic E-state index is -2.68. The molecule has 32 heavy (non-hydrogen) atoms. The Labute approximate surface area is 192 Å². The molecule has 1 aromatic carbocycles. The number of nitrogens with zero attached hydrogens (tertiary/aromatic N) is 4. The number of anilines is 1. The molecule has 2 aromatic heterocycles. The number of aromatic nitrogens is 3. The summed E-state index contributed by atoms with van der Waals surface area (Å²) in [5.41, 5.74) is 2.43. The van der Waals surface area contributed by atoms with Crippen molar-refractivity contribution in [2.75, 3.05) is 31.1 Å². The molecular weight excluding hydrogens is 408 g/mol. The van der Waals surface area contributed by atoms with Crippen molar-refractivity contribution in [1.29, 1.82) is 0 Å². The minimum Gasteiger partial charge on any atom is -0.490 e. The molecule has 1 saturated carbocycles. The van der Waals surface area contributed by atoms with Crippen LogP contribution in [0.15, 0.2) is 35.3 Å². The van der Waals surface area contributed by atoms with Gasteiger partial charge in [0.25, 0.3) is 5.56 Å². The van der Waals surface area contributed by atoms with E-state index in [-0.39, 0.29) is 17.1 Å². The van der Waals surface area contributed by atoms with Crippen LogP contribution >= 0.6 is 0 Å². The SMILES string of the molecule is [2H]C1(Oc2ccc3c(c2)OC([2H])([2H])C([2H])([2H])O3)CCN(c2nn3c(=O)ccnc3c(C)c2C2CC2)CC1. The molecule has 0 unspecified atom stereocenters. The summed E-state index contributed by atoms with van der Waals surface area (Å²) in [5.74, 6) is 1.55. The lowest BCUT2D eigenvalue weighted by Crippen LogP contribution is -2.40. The van der Waals surface area contributed by atoms with E-state index in [4.69, 9.17) is 26.2 Å². The lowest BCUT2D eigenvalue weighted by molar-refractivity contribution is 0.159. The van der Waals surface area contributed by atoms with Gasteiger partial charge in [-0.1, -0.05) is 0 Å². The first-order valence-corrected chi connectivity index (χ1v) is 10.8. The van der Waals surface area contributed by atoms with E-state index >= 15 is 0 Å². The summed E-state index contributed by atoms with van der Waals surface area (Å²) in [6.07, 6.45) is 3.16. The number of aryl methyl sites for hydroxylation is 1. The zero-order valence-electron chi connectivity index (χ0n) is 22.6. The number of hydrogen-bond donors (Lipinski definition) is 0. The number of rotatable bonds is 4. The largest absolute Gasteiger partial charge is 0.490 e. The highest BCUT2D eigenvalue weighted by atomic mass is 16.6. The molecule has 1 aliphatic carbocycles. The first kappa shape index (κ1) is 14.7. The highest BCUT2D eigenvalue weighted by Gasteiger charge is 2.33. The molecule has 0 radical (unpaired) electrons. The van der Waals surface area contributed by atoms with Crippen molar-refractivity contribution in [2.24, 2.45) is 0 Å². The van der Waals surface area contributed by atoms with Crippen LogP contribution in [0.25, 0.3) is 5.65 Å². The molecule has 0 N–H and O–H groups in total. The molecule has 4 heterocycles. The molecule has 2 fully saturated rings. The Morgan fingerprint density at radius 1 is 1.12 bits per heavy atom. The van der Waals surface area contributed by atoms with Gasteiger partial charge in [0, 0.05) is 55.4 Å². The van der Waals surface area contributed by atoms with Crippen LogP contribution in [0.3, 0.4) is 0 Å². The first-order chi connectivity index (χ1) is 17.5. The molecule has 166 valence electrons. The fourth-order valence-corrected chi connectivity index (χ4v) is 4.39. The number of hydrogen-bond acceptors (Lipinski definition) is 7. The first-order valence-electron chi connectivity index (χ1n) is 13.3. The van der Waals surface area contributed by atoms with Crippen molar-refractivity contribution < 1.29 is 21.1 Å². The summed E-state index contributed by atoms with van der Waals surface area (Å²) in [6, 6.07) is 5.82. The van der Waals surface area contributed by atoms with Crippen molar-refractivity contribution in [2.45, 2.75) is 44.6 Å². The maximum Gasteiger partial charge on any atom is 0.274 e. The van der Waals surface area contributed by atoms with Gasteiger partial charge in [-0.25, -0.2) is 4.98 Å². The molecule has 8 nitrogen and oxygen atoms in total. The standard InChI is InChI=1S/C24H26N4O4/c1-15-22(16-2-3-16)24(26-28-21(29)6-9-25-23(15)28)27-10-7-17(8-11-27)32-18-4-5-19-20(14-18)31-13-12-30-19/h4-6,9,14,16-17H,2-3,7-8,10-13H2,1H3/i12D2,13D2,17D. The number of benzene rings is 1. The van der Waals surface area contributed by atoms with Gasteiger partial charge in [0.1, 0.15) is 24.9 Å². The second kappa shape index (κ2) is 7.69. The Kier molecular flexibility index (Phi) is 3.53. The molecule has 1 saturated heterocycles. The van der Waals surface area contributed by atoms with E-state index in [0.717, 1.165) is 29.8 Å². The lowest BCUT2D eigenvalue weighted by Gasteiger charge is -2.34. The molecule has 0 spiro atoms. The molecule has 3 aliphatic rings. The summed E-state index contributed by atoms with van der Waals surface area (Å²) < 4.78 is 57.6. The second-order valence-electron chi connectivity index (χ2n) is 8.30. The average molecular weight is 440 g/mol. The van der Waals surface area contributed by atoms with Crippen LogP contribution in [0.2, 0.25) is 0 Å². The smallest absolute Gasteiger partial charge is 0.274 e. The quantitative estimate of drug-likeness (QED) is 0.618. The molecule has 6 rings (SSSR count). The average Bonchev–Trinajstić information content (AvgIpc) is 3.66. The van der Waals surface area contributed by atoms with Crippen molar-refractivity contribution in [1.82, 2.24) is 14.6 Å². The topological polar surface area (TPSA) is 78.2 Å². The van der Waals surface area contributed by atoms with Crippen LogP contribution in [-0.4, -0.2) is 46.9 Å². The zero-order chi connectivity index (χ0) is 26.2. The predicted molar refractivity (Wildman–Crippen MR) is 119 cm³/mol. The fourth-order valence-electron chi connectivity index (χ4n) is 4.39. The third kappa shape index (κ3) is 3.43. The summed E-state index contributed by atoms with van der Waals surface area (Å²) >= 11 is 0. The van der Waals surface area contributed by atoms with E-state index in [1.54, 1.807) is 6.07 Å². The Hall–Kier alpha value is -3.29. The third-order valence-electron chi connectivity index (χ3n) is 6.15. The number of piperidine rings is 1. The Bertz CT molecular complexity index is 1450. The number of fused-ring (bicyclic) bond motifs is 2. The lowest BCUT2D eigenvalue weighted by atomic mass is 10.0. The molecule has 3 aromatic rings. The maximum absolute atomic E-state index is 12.5. The Morgan fingerprint density at radius 3 is 2.69 bits per heavy atom. The maximum atomic E-state index is 12.5. The Balaban J connectivity index is 1.23. The summed E-state index contributed by atoms with van der Waals surface area (Å²) in [5, 5.41) is 4.69. The summed E-state index contributed by atoms with van der Waals surface area (Å²) in [7, 11) is 0. The van der Waals surface area contributed by atoms with E-state index in [1.807, 2.05) is 6.92 Å². The van der Waals surface area contributed by atoms with Gasteiger partial charge in [-0.15, -0.1) is 5.10 Å². The highest BCUT2D eigenvalue weighted by Crippen LogP contribution is 2.46. The Morgan fingerprint density at radius 2 is 1.91 bits per heavy atom. The summed E-state index contributed by atoms with van der Waals surface area (Å²) in [6.45, 7) is -2.32. The molecule has 0 bridgehead atoms. The monoisotopic (exact) mass is 439 g/mol. The van der Waals surface area contributed by atoms with Gasteiger partial charge in [-0.3, -0.25) is 4.79 Å². The van der Waals surface area contributed by atoms with Gasteiger partial charge >= 0.3 is 0 Å². The predicted octanol–water partition coefficient (Wildman–Crippen LogP) is 3.09. The second-order valence-corrected chi connectivity index (χ2v) is 8.30. The fraction of sp³-hybridized carbons (Fsp3) is 0.458. The minimum absolute atomic E-state index is 0.0163. The normalized spacial score (nSPS) is 25.2. The van der Waals surface area contributed by atoms with Crippen molar-refractivity contribution in [3.63, 3.8) is 0 Å². The van der Waals surface area contributed by atoms with Crippen molar-refractivity contribution in [3.8, 4) is 17.2 Å². The summed E-state index contributed by atoms with van der Waals surface area (Å²) in [4.78, 5) is 19.0. The molecule has 8 heteroatoms. The van der Waals surface area contributed by atoms with Gasteiger partial charge in [-0.05, 0) is 37.8 Å². The van der Waals surface area contributed by atoms with E-state index in [2.05, 4.69) is 9.88 Å². The van der Waals surface area contributed by atoms with E-state index in [9.17, 15) is 4.79 Å². The van der Waals surface area contributed by atoms with Crippen molar-refractivity contribution in [3.05, 3.63) is 51.9 Å². The van der Waals surface area contributed by atoms with Crippen LogP contribution in [0.5, 0.6) is 17.2 Å². The van der Waals surface area contributed by atoms with Gasteiger partial charge in [0.05, 0.1) is 6.85 Å². The molecule has 0 atom stereocenters. The molecule has 2 aliphatic heterocycles. The van der Waals surface area contributed by atoms with Gasteiger partial charge in [-0.2, -0.15) is 4.52 Å². The van der Waals surface area contributed by atoms with E-state index < -0.39 is 19.2 Å². The van der Waals surface area contributed by atoms with Gasteiger partial charge < -0.3 is 19.1 Å². The van der Waals surface area contributed by atoms with Crippen LogP contribution in [0, 0.1) is 6.92 Å². The molecule has 0 amide bonds. The third-order valence-corrected chi connectivity index (χ3v) is 6.15. The number of ether oxygens (including phenoxy) is 3.